The van der Waals surface area contributed by atoms with Crippen LogP contribution in [0.25, 0.3) is 0 Å². The Kier molecular flexibility index (Phi) is 4.69. The van der Waals surface area contributed by atoms with Crippen molar-refractivity contribution in [2.24, 2.45) is 0 Å². The van der Waals surface area contributed by atoms with Crippen LogP contribution < -0.4 is 5.32 Å². The number of amides is 1. The maximum absolute atomic E-state index is 12.1. The van der Waals surface area contributed by atoms with Crippen LogP contribution in [0.3, 0.4) is 0 Å². The van der Waals surface area contributed by atoms with Crippen LogP contribution >= 0.6 is 22.7 Å². The van der Waals surface area contributed by atoms with Crippen molar-refractivity contribution in [3.8, 4) is 0 Å². The maximum Gasteiger partial charge on any atom is 0.350 e. The van der Waals surface area contributed by atoms with Gasteiger partial charge in [0.1, 0.15) is 10.6 Å². The van der Waals surface area contributed by atoms with Crippen molar-refractivity contribution in [1.82, 2.24) is 9.97 Å². The summed E-state index contributed by atoms with van der Waals surface area (Å²) in [6.45, 7) is 7.44. The van der Waals surface area contributed by atoms with E-state index in [1.165, 1.54) is 11.3 Å². The largest absolute Gasteiger partial charge is 0.462 e. The molecule has 112 valence electrons. The van der Waals surface area contributed by atoms with Gasteiger partial charge in [-0.2, -0.15) is 0 Å². The van der Waals surface area contributed by atoms with E-state index < -0.39 is 5.97 Å². The molecule has 2 aromatic rings. The third-order valence-corrected chi connectivity index (χ3v) is 4.54. The molecule has 0 unspecified atom stereocenters. The summed E-state index contributed by atoms with van der Waals surface area (Å²) in [5, 5.41) is 3.88. The zero-order valence-electron chi connectivity index (χ0n) is 12.1. The van der Waals surface area contributed by atoms with Crippen LogP contribution in [0.4, 0.5) is 5.13 Å². The van der Waals surface area contributed by atoms with E-state index in [0.29, 0.717) is 28.0 Å². The van der Waals surface area contributed by atoms with E-state index in [4.69, 9.17) is 4.74 Å². The van der Waals surface area contributed by atoms with Crippen LogP contribution in [0.1, 0.15) is 42.7 Å². The van der Waals surface area contributed by atoms with Gasteiger partial charge in [-0.05, 0) is 27.7 Å². The molecule has 0 radical (unpaired) electrons. The van der Waals surface area contributed by atoms with E-state index >= 15 is 0 Å². The number of aromatic nitrogens is 2. The molecule has 0 fully saturated rings. The van der Waals surface area contributed by atoms with E-state index in [1.807, 2.05) is 13.8 Å². The van der Waals surface area contributed by atoms with Crippen molar-refractivity contribution in [2.45, 2.75) is 27.7 Å². The smallest absolute Gasteiger partial charge is 0.350 e. The van der Waals surface area contributed by atoms with E-state index in [-0.39, 0.29) is 5.91 Å². The molecule has 0 aliphatic carbocycles. The average Bonchev–Trinajstić information content (AvgIpc) is 2.92. The van der Waals surface area contributed by atoms with Crippen molar-refractivity contribution in [3.05, 3.63) is 26.1 Å². The van der Waals surface area contributed by atoms with Crippen LogP contribution in [0.15, 0.2) is 0 Å². The van der Waals surface area contributed by atoms with Gasteiger partial charge in [0, 0.05) is 4.88 Å². The summed E-state index contributed by atoms with van der Waals surface area (Å²) in [5.41, 5.74) is 0.933. The molecule has 0 saturated carbocycles. The Hall–Kier alpha value is -1.80. The third-order valence-electron chi connectivity index (χ3n) is 2.60. The van der Waals surface area contributed by atoms with Crippen LogP contribution in [-0.4, -0.2) is 28.5 Å². The fourth-order valence-electron chi connectivity index (χ4n) is 1.73. The number of nitrogens with zero attached hydrogens (tertiary/aromatic N) is 2. The monoisotopic (exact) mass is 325 g/mol. The lowest BCUT2D eigenvalue weighted by molar-refractivity contribution is 0.0531. The first-order chi connectivity index (χ1) is 9.92. The molecular weight excluding hydrogens is 310 g/mol. The average molecular weight is 325 g/mol. The molecule has 1 N–H and O–H groups in total. The molecule has 0 aliphatic heterocycles. The molecule has 0 aromatic carbocycles. The number of carbonyl (C=O) groups excluding carboxylic acids is 2. The van der Waals surface area contributed by atoms with Crippen molar-refractivity contribution in [2.75, 3.05) is 11.9 Å². The highest BCUT2D eigenvalue weighted by atomic mass is 32.1. The minimum atomic E-state index is -0.423. The highest BCUT2D eigenvalue weighted by Gasteiger charge is 2.19. The number of anilines is 1. The number of rotatable bonds is 4. The standard InChI is InChI=1S/C13H15N3O3S2/c1-5-19-12(18)10-6(2)14-13(21-10)16-11(17)9-7(3)20-8(4)15-9/h5H2,1-4H3,(H,14,16,17). The number of carbonyl (C=O) groups is 2. The molecule has 0 aliphatic rings. The van der Waals surface area contributed by atoms with Crippen LogP contribution in [0.5, 0.6) is 0 Å². The lowest BCUT2D eigenvalue weighted by Crippen LogP contribution is -2.13. The van der Waals surface area contributed by atoms with Gasteiger partial charge in [-0.25, -0.2) is 14.8 Å². The first-order valence-electron chi connectivity index (χ1n) is 6.32. The Bertz CT molecular complexity index is 691. The van der Waals surface area contributed by atoms with Crippen LogP contribution in [-0.2, 0) is 4.74 Å². The third kappa shape index (κ3) is 3.45. The maximum atomic E-state index is 12.1. The summed E-state index contributed by atoms with van der Waals surface area (Å²) in [6, 6.07) is 0. The molecule has 0 bridgehead atoms. The summed E-state index contributed by atoms with van der Waals surface area (Å²) in [6.07, 6.45) is 0. The number of thiazole rings is 2. The van der Waals surface area contributed by atoms with Crippen molar-refractivity contribution in [1.29, 1.82) is 0 Å². The number of esters is 1. The van der Waals surface area contributed by atoms with Gasteiger partial charge in [0.05, 0.1) is 17.3 Å². The van der Waals surface area contributed by atoms with Crippen LogP contribution in [0.2, 0.25) is 0 Å². The van der Waals surface area contributed by atoms with Gasteiger partial charge >= 0.3 is 5.97 Å². The van der Waals surface area contributed by atoms with Crippen molar-refractivity contribution in [3.63, 3.8) is 0 Å². The summed E-state index contributed by atoms with van der Waals surface area (Å²) < 4.78 is 4.94. The number of nitrogens with one attached hydrogen (secondary N) is 1. The predicted molar refractivity (Wildman–Crippen MR) is 82.3 cm³/mol. The van der Waals surface area contributed by atoms with Crippen molar-refractivity contribution < 1.29 is 14.3 Å². The van der Waals surface area contributed by atoms with Gasteiger partial charge in [-0.1, -0.05) is 11.3 Å². The molecule has 2 heterocycles. The fraction of sp³-hybridized carbons (Fsp3) is 0.385. The van der Waals surface area contributed by atoms with Gasteiger partial charge in [0.2, 0.25) is 0 Å². The van der Waals surface area contributed by atoms with Gasteiger partial charge in [0.15, 0.2) is 5.13 Å². The molecule has 0 saturated heterocycles. The van der Waals surface area contributed by atoms with Crippen molar-refractivity contribution >= 4 is 39.7 Å². The molecule has 8 heteroatoms. The Morgan fingerprint density at radius 1 is 1.19 bits per heavy atom. The molecule has 21 heavy (non-hydrogen) atoms. The molecule has 1 amide bonds. The quantitative estimate of drug-likeness (QED) is 0.874. The number of ether oxygens (including phenoxy) is 1. The first kappa shape index (κ1) is 15.6. The normalized spacial score (nSPS) is 10.5. The SMILES string of the molecule is CCOC(=O)c1sc(NC(=O)c2nc(C)sc2C)nc1C. The lowest BCUT2D eigenvalue weighted by atomic mass is 10.3. The Morgan fingerprint density at radius 3 is 2.48 bits per heavy atom. The number of hydrogen-bond acceptors (Lipinski definition) is 7. The topological polar surface area (TPSA) is 81.2 Å². The van der Waals surface area contributed by atoms with Gasteiger partial charge in [-0.15, -0.1) is 11.3 Å². The molecular formula is C13H15N3O3S2. The molecule has 0 atom stereocenters. The highest BCUT2D eigenvalue weighted by molar-refractivity contribution is 7.17. The zero-order valence-corrected chi connectivity index (χ0v) is 13.8. The Morgan fingerprint density at radius 2 is 1.90 bits per heavy atom. The minimum Gasteiger partial charge on any atom is -0.462 e. The first-order valence-corrected chi connectivity index (χ1v) is 7.95. The van der Waals surface area contributed by atoms with E-state index in [1.54, 1.807) is 13.8 Å². The number of hydrogen-bond donors (Lipinski definition) is 1. The lowest BCUT2D eigenvalue weighted by Gasteiger charge is -1.99. The second kappa shape index (κ2) is 6.31. The highest BCUT2D eigenvalue weighted by Crippen LogP contribution is 2.25. The molecule has 2 aromatic heterocycles. The van der Waals surface area contributed by atoms with Crippen LogP contribution in [0, 0.1) is 20.8 Å². The summed E-state index contributed by atoms with van der Waals surface area (Å²) in [7, 11) is 0. The summed E-state index contributed by atoms with van der Waals surface area (Å²) in [5.74, 6) is -0.741. The second-order valence-corrected chi connectivity index (χ2v) is 6.65. The molecule has 2 rings (SSSR count). The minimum absolute atomic E-state index is 0.301. The van der Waals surface area contributed by atoms with Gasteiger partial charge in [-0.3, -0.25) is 10.1 Å². The Balaban J connectivity index is 2.17. The number of aryl methyl sites for hydroxylation is 3. The predicted octanol–water partition coefficient (Wildman–Crippen LogP) is 2.95. The van der Waals surface area contributed by atoms with E-state index in [9.17, 15) is 9.59 Å². The second-order valence-electron chi connectivity index (χ2n) is 4.25. The summed E-state index contributed by atoms with van der Waals surface area (Å²) in [4.78, 5) is 33.5. The zero-order chi connectivity index (χ0) is 15.6. The summed E-state index contributed by atoms with van der Waals surface area (Å²) >= 11 is 2.57. The van der Waals surface area contributed by atoms with Gasteiger partial charge < -0.3 is 4.74 Å². The van der Waals surface area contributed by atoms with E-state index in [2.05, 4.69) is 15.3 Å². The fourth-order valence-corrected chi connectivity index (χ4v) is 3.40. The van der Waals surface area contributed by atoms with Gasteiger partial charge in [0.25, 0.3) is 5.91 Å². The Labute approximate surface area is 130 Å². The van der Waals surface area contributed by atoms with E-state index in [0.717, 1.165) is 21.2 Å². The molecule has 0 spiro atoms. The molecule has 6 nitrogen and oxygen atoms in total.